The van der Waals surface area contributed by atoms with Crippen LogP contribution in [0.5, 0.6) is 0 Å². The third kappa shape index (κ3) is 3.10. The first-order valence-electron chi connectivity index (χ1n) is 6.20. The minimum absolute atomic E-state index is 0.206. The lowest BCUT2D eigenvalue weighted by Crippen LogP contribution is -2.28. The molecule has 0 fully saturated rings. The summed E-state index contributed by atoms with van der Waals surface area (Å²) in [6, 6.07) is 10.4. The van der Waals surface area contributed by atoms with Gasteiger partial charge in [0.15, 0.2) is 0 Å². The molecule has 1 amide bonds. The average molecular weight is 272 g/mol. The van der Waals surface area contributed by atoms with Gasteiger partial charge in [0.2, 0.25) is 0 Å². The van der Waals surface area contributed by atoms with Crippen molar-refractivity contribution in [2.24, 2.45) is 5.73 Å². The number of benzene rings is 1. The van der Waals surface area contributed by atoms with Crippen LogP contribution in [0.2, 0.25) is 0 Å². The number of carbonyl (C=O) groups excluding carboxylic acids is 1. The van der Waals surface area contributed by atoms with Gasteiger partial charge in [-0.3, -0.25) is 9.59 Å². The van der Waals surface area contributed by atoms with Crippen LogP contribution in [0.25, 0.3) is 0 Å². The molecule has 0 aliphatic rings. The Morgan fingerprint density at radius 2 is 1.95 bits per heavy atom. The van der Waals surface area contributed by atoms with Crippen molar-refractivity contribution in [2.45, 2.75) is 13.1 Å². The molecular formula is C14H16N4O2. The minimum atomic E-state index is -0.335. The number of H-pyrrole nitrogens is 1. The zero-order valence-corrected chi connectivity index (χ0v) is 11.2. The van der Waals surface area contributed by atoms with Gasteiger partial charge in [-0.25, -0.2) is 5.10 Å². The highest BCUT2D eigenvalue weighted by atomic mass is 16.2. The standard InChI is InChI=1S/C14H16N4O2/c1-18(9-11-5-3-2-4-10(11)8-15)14(20)12-6-7-13(19)17-16-12/h2-7H,8-9,15H2,1H3,(H,17,19). The molecule has 0 saturated carbocycles. The number of hydrogen-bond acceptors (Lipinski definition) is 4. The van der Waals surface area contributed by atoms with E-state index in [1.54, 1.807) is 7.05 Å². The van der Waals surface area contributed by atoms with Gasteiger partial charge in [-0.05, 0) is 17.2 Å². The molecule has 2 aromatic rings. The van der Waals surface area contributed by atoms with Crippen molar-refractivity contribution in [2.75, 3.05) is 7.05 Å². The maximum atomic E-state index is 12.2. The molecule has 1 heterocycles. The van der Waals surface area contributed by atoms with Crippen molar-refractivity contribution in [3.63, 3.8) is 0 Å². The summed E-state index contributed by atoms with van der Waals surface area (Å²) in [4.78, 5) is 24.6. The van der Waals surface area contributed by atoms with Gasteiger partial charge in [-0.15, -0.1) is 0 Å². The van der Waals surface area contributed by atoms with Crippen LogP contribution in [0.4, 0.5) is 0 Å². The molecule has 0 aliphatic heterocycles. The van der Waals surface area contributed by atoms with Crippen LogP contribution in [0.1, 0.15) is 21.6 Å². The molecule has 0 radical (unpaired) electrons. The highest BCUT2D eigenvalue weighted by molar-refractivity contribution is 5.91. The summed E-state index contributed by atoms with van der Waals surface area (Å²) < 4.78 is 0. The van der Waals surface area contributed by atoms with E-state index in [2.05, 4.69) is 10.2 Å². The molecule has 3 N–H and O–H groups in total. The van der Waals surface area contributed by atoms with E-state index in [1.165, 1.54) is 17.0 Å². The SMILES string of the molecule is CN(Cc1ccccc1CN)C(=O)c1ccc(=O)[nH]n1. The van der Waals surface area contributed by atoms with Crippen molar-refractivity contribution in [1.29, 1.82) is 0 Å². The van der Waals surface area contributed by atoms with Gasteiger partial charge in [-0.2, -0.15) is 5.10 Å². The third-order valence-corrected chi connectivity index (χ3v) is 2.99. The van der Waals surface area contributed by atoms with E-state index in [4.69, 9.17) is 5.73 Å². The Labute approximate surface area is 116 Å². The molecular weight excluding hydrogens is 256 g/mol. The molecule has 1 aromatic carbocycles. The van der Waals surface area contributed by atoms with Gasteiger partial charge in [0.1, 0.15) is 5.69 Å². The molecule has 0 aliphatic carbocycles. The second-order valence-electron chi connectivity index (χ2n) is 4.44. The fourth-order valence-corrected chi connectivity index (χ4v) is 1.90. The molecule has 0 spiro atoms. The van der Waals surface area contributed by atoms with Gasteiger partial charge >= 0.3 is 0 Å². The van der Waals surface area contributed by atoms with E-state index in [-0.39, 0.29) is 17.2 Å². The Hall–Kier alpha value is -2.47. The van der Waals surface area contributed by atoms with Crippen LogP contribution in [0, 0.1) is 0 Å². The van der Waals surface area contributed by atoms with Gasteiger partial charge in [-0.1, -0.05) is 24.3 Å². The molecule has 0 bridgehead atoms. The lowest BCUT2D eigenvalue weighted by molar-refractivity contribution is 0.0777. The first kappa shape index (κ1) is 14.0. The molecule has 104 valence electrons. The lowest BCUT2D eigenvalue weighted by atomic mass is 10.1. The van der Waals surface area contributed by atoms with E-state index >= 15 is 0 Å². The van der Waals surface area contributed by atoms with Crippen molar-refractivity contribution in [1.82, 2.24) is 15.1 Å². The molecule has 6 nitrogen and oxygen atoms in total. The summed E-state index contributed by atoms with van der Waals surface area (Å²) >= 11 is 0. The number of carbonyl (C=O) groups is 1. The van der Waals surface area contributed by atoms with Crippen LogP contribution >= 0.6 is 0 Å². The van der Waals surface area contributed by atoms with Gasteiger partial charge in [0.25, 0.3) is 11.5 Å². The molecule has 0 unspecified atom stereocenters. The van der Waals surface area contributed by atoms with Crippen molar-refractivity contribution in [3.8, 4) is 0 Å². The summed E-state index contributed by atoms with van der Waals surface area (Å²) in [6.07, 6.45) is 0. The minimum Gasteiger partial charge on any atom is -0.336 e. The predicted molar refractivity (Wildman–Crippen MR) is 75.0 cm³/mol. The Bertz CT molecular complexity index is 646. The van der Waals surface area contributed by atoms with E-state index in [0.29, 0.717) is 13.1 Å². The number of amides is 1. The van der Waals surface area contributed by atoms with Crippen molar-refractivity contribution < 1.29 is 4.79 Å². The summed E-state index contributed by atoms with van der Waals surface area (Å²) in [7, 11) is 1.68. The monoisotopic (exact) mass is 272 g/mol. The maximum absolute atomic E-state index is 12.2. The largest absolute Gasteiger partial charge is 0.336 e. The fourth-order valence-electron chi connectivity index (χ4n) is 1.90. The highest BCUT2D eigenvalue weighted by Gasteiger charge is 2.14. The number of aromatic nitrogens is 2. The molecule has 0 atom stereocenters. The van der Waals surface area contributed by atoms with Crippen LogP contribution in [0.15, 0.2) is 41.2 Å². The van der Waals surface area contributed by atoms with E-state index in [1.807, 2.05) is 24.3 Å². The first-order valence-corrected chi connectivity index (χ1v) is 6.20. The van der Waals surface area contributed by atoms with E-state index < -0.39 is 0 Å². The summed E-state index contributed by atoms with van der Waals surface area (Å²) in [5.74, 6) is -0.256. The number of nitrogens with zero attached hydrogens (tertiary/aromatic N) is 2. The van der Waals surface area contributed by atoms with E-state index in [0.717, 1.165) is 11.1 Å². The van der Waals surface area contributed by atoms with Gasteiger partial charge in [0, 0.05) is 26.2 Å². The second-order valence-corrected chi connectivity index (χ2v) is 4.44. The Balaban J connectivity index is 2.15. The number of nitrogens with one attached hydrogen (secondary N) is 1. The van der Waals surface area contributed by atoms with Gasteiger partial charge in [0.05, 0.1) is 0 Å². The Morgan fingerprint density at radius 1 is 1.25 bits per heavy atom. The summed E-state index contributed by atoms with van der Waals surface area (Å²) in [5.41, 5.74) is 7.54. The highest BCUT2D eigenvalue weighted by Crippen LogP contribution is 2.11. The molecule has 0 saturated heterocycles. The number of nitrogens with two attached hydrogens (primary N) is 1. The van der Waals surface area contributed by atoms with Crippen molar-refractivity contribution >= 4 is 5.91 Å². The third-order valence-electron chi connectivity index (χ3n) is 2.99. The van der Waals surface area contributed by atoms with Crippen molar-refractivity contribution in [3.05, 3.63) is 63.6 Å². The first-order chi connectivity index (χ1) is 9.61. The normalized spacial score (nSPS) is 10.3. The zero-order chi connectivity index (χ0) is 14.5. The Kier molecular flexibility index (Phi) is 4.27. The Morgan fingerprint density at radius 3 is 2.55 bits per heavy atom. The zero-order valence-electron chi connectivity index (χ0n) is 11.2. The predicted octanol–water partition coefficient (Wildman–Crippen LogP) is 0.501. The smallest absolute Gasteiger partial charge is 0.274 e. The van der Waals surface area contributed by atoms with Crippen LogP contribution < -0.4 is 11.3 Å². The second kappa shape index (κ2) is 6.12. The quantitative estimate of drug-likeness (QED) is 0.847. The van der Waals surface area contributed by atoms with Crippen LogP contribution in [-0.2, 0) is 13.1 Å². The lowest BCUT2D eigenvalue weighted by Gasteiger charge is -2.18. The van der Waals surface area contributed by atoms with Gasteiger partial charge < -0.3 is 10.6 Å². The molecule has 6 heteroatoms. The molecule has 20 heavy (non-hydrogen) atoms. The molecule has 1 aromatic heterocycles. The van der Waals surface area contributed by atoms with Crippen LogP contribution in [-0.4, -0.2) is 28.1 Å². The van der Waals surface area contributed by atoms with Crippen LogP contribution in [0.3, 0.4) is 0 Å². The molecule has 2 rings (SSSR count). The maximum Gasteiger partial charge on any atom is 0.274 e. The number of aromatic amines is 1. The number of rotatable bonds is 4. The van der Waals surface area contributed by atoms with E-state index in [9.17, 15) is 9.59 Å². The fraction of sp³-hybridized carbons (Fsp3) is 0.214. The summed E-state index contributed by atoms with van der Waals surface area (Å²) in [5, 5.41) is 5.98. The number of hydrogen-bond donors (Lipinski definition) is 2. The topological polar surface area (TPSA) is 92.1 Å². The summed E-state index contributed by atoms with van der Waals surface area (Å²) in [6.45, 7) is 0.863. The average Bonchev–Trinajstić information content (AvgIpc) is 2.48.